The summed E-state index contributed by atoms with van der Waals surface area (Å²) < 4.78 is 4.96. The molecule has 0 saturated heterocycles. The molecule has 1 heterocycles. The monoisotopic (exact) mass is 249 g/mol. The average Bonchev–Trinajstić information content (AvgIpc) is 2.27. The second kappa shape index (κ2) is 3.92. The van der Waals surface area contributed by atoms with Crippen LogP contribution in [0.2, 0.25) is 0 Å². The van der Waals surface area contributed by atoms with Gasteiger partial charge in [0.1, 0.15) is 11.4 Å². The lowest BCUT2D eigenvalue weighted by atomic mass is 10.0. The van der Waals surface area contributed by atoms with Crippen molar-refractivity contribution >= 4 is 16.5 Å². The van der Waals surface area contributed by atoms with Crippen LogP contribution in [-0.4, -0.2) is 10.0 Å². The van der Waals surface area contributed by atoms with Gasteiger partial charge in [-0.15, -0.1) is 0 Å². The van der Waals surface area contributed by atoms with E-state index < -0.39 is 16.1 Å². The normalized spacial score (nSPS) is 11.7. The molecule has 0 aliphatic rings. The van der Waals surface area contributed by atoms with Crippen molar-refractivity contribution < 1.29 is 14.4 Å². The lowest BCUT2D eigenvalue weighted by Crippen LogP contribution is -2.18. The molecular formula is C12H11NO5. The van der Waals surface area contributed by atoms with Gasteiger partial charge in [-0.05, 0) is 31.4 Å². The van der Waals surface area contributed by atoms with Gasteiger partial charge in [0.2, 0.25) is 0 Å². The summed E-state index contributed by atoms with van der Waals surface area (Å²) in [6.07, 6.45) is 0. The van der Waals surface area contributed by atoms with Gasteiger partial charge in [0.05, 0.1) is 10.3 Å². The van der Waals surface area contributed by atoms with Crippen LogP contribution in [-0.2, 0) is 5.60 Å². The smallest absolute Gasteiger partial charge is 0.344 e. The first-order valence-electron chi connectivity index (χ1n) is 5.24. The van der Waals surface area contributed by atoms with Crippen LogP contribution >= 0.6 is 0 Å². The van der Waals surface area contributed by atoms with E-state index in [-0.39, 0.29) is 16.8 Å². The second-order valence-electron chi connectivity index (χ2n) is 4.49. The molecule has 0 amide bonds. The van der Waals surface area contributed by atoms with E-state index in [0.717, 1.165) is 6.07 Å². The molecule has 0 saturated carbocycles. The van der Waals surface area contributed by atoms with Crippen molar-refractivity contribution in [1.82, 2.24) is 0 Å². The standard InChI is InChI=1S/C12H11NO5/c1-12(2,15)10-5-7-3-4-8(13(16)17)6-9(7)11(14)18-10/h3-6,15H,1-2H3. The first-order valence-corrected chi connectivity index (χ1v) is 5.24. The minimum absolute atomic E-state index is 0.119. The van der Waals surface area contributed by atoms with Gasteiger partial charge < -0.3 is 9.52 Å². The highest BCUT2D eigenvalue weighted by atomic mass is 16.6. The molecule has 94 valence electrons. The third-order valence-corrected chi connectivity index (χ3v) is 2.56. The van der Waals surface area contributed by atoms with E-state index in [1.807, 2.05) is 0 Å². The van der Waals surface area contributed by atoms with E-state index in [9.17, 15) is 20.0 Å². The predicted octanol–water partition coefficient (Wildman–Crippen LogP) is 1.93. The summed E-state index contributed by atoms with van der Waals surface area (Å²) in [5.41, 5.74) is -2.16. The number of nitro benzene ring substituents is 1. The zero-order valence-corrected chi connectivity index (χ0v) is 9.84. The van der Waals surface area contributed by atoms with Crippen LogP contribution in [0.4, 0.5) is 5.69 Å². The molecule has 6 heteroatoms. The summed E-state index contributed by atoms with van der Waals surface area (Å²) in [6.45, 7) is 2.98. The van der Waals surface area contributed by atoms with Gasteiger partial charge in [0, 0.05) is 12.1 Å². The number of aliphatic hydroxyl groups is 1. The Morgan fingerprint density at radius 2 is 2.00 bits per heavy atom. The molecule has 0 unspecified atom stereocenters. The summed E-state index contributed by atoms with van der Waals surface area (Å²) in [5.74, 6) is 0.119. The molecule has 1 aromatic carbocycles. The zero-order chi connectivity index (χ0) is 13.5. The van der Waals surface area contributed by atoms with Crippen LogP contribution in [0.15, 0.2) is 33.5 Å². The Kier molecular flexibility index (Phi) is 2.67. The Morgan fingerprint density at radius 1 is 1.33 bits per heavy atom. The van der Waals surface area contributed by atoms with Crippen LogP contribution in [0.5, 0.6) is 0 Å². The highest BCUT2D eigenvalue weighted by Crippen LogP contribution is 2.24. The summed E-state index contributed by atoms with van der Waals surface area (Å²) >= 11 is 0. The number of nitrogens with zero attached hydrogens (tertiary/aromatic N) is 1. The van der Waals surface area contributed by atoms with E-state index in [2.05, 4.69) is 0 Å². The predicted molar refractivity (Wildman–Crippen MR) is 64.4 cm³/mol. The van der Waals surface area contributed by atoms with E-state index in [1.54, 1.807) is 0 Å². The number of non-ortho nitro benzene ring substituents is 1. The van der Waals surface area contributed by atoms with Gasteiger partial charge in [-0.25, -0.2) is 4.79 Å². The number of benzene rings is 1. The summed E-state index contributed by atoms with van der Waals surface area (Å²) in [7, 11) is 0. The molecular weight excluding hydrogens is 238 g/mol. The maximum atomic E-state index is 11.7. The molecule has 0 aliphatic carbocycles. The molecule has 1 N–H and O–H groups in total. The molecule has 6 nitrogen and oxygen atoms in total. The lowest BCUT2D eigenvalue weighted by molar-refractivity contribution is -0.384. The molecule has 18 heavy (non-hydrogen) atoms. The SMILES string of the molecule is CC(C)(O)c1cc2ccc([N+](=O)[O-])cc2c(=O)o1. The first-order chi connectivity index (χ1) is 8.29. The Morgan fingerprint density at radius 3 is 2.56 bits per heavy atom. The molecule has 1 aromatic heterocycles. The first kappa shape index (κ1) is 12.3. The van der Waals surface area contributed by atoms with Crippen molar-refractivity contribution in [3.63, 3.8) is 0 Å². The van der Waals surface area contributed by atoms with Crippen LogP contribution in [0, 0.1) is 10.1 Å². The summed E-state index contributed by atoms with van der Waals surface area (Å²) in [6, 6.07) is 5.42. The van der Waals surface area contributed by atoms with Crippen LogP contribution in [0.25, 0.3) is 10.8 Å². The minimum atomic E-state index is -1.28. The van der Waals surface area contributed by atoms with Gasteiger partial charge in [-0.1, -0.05) is 0 Å². The van der Waals surface area contributed by atoms with E-state index in [4.69, 9.17) is 4.42 Å². The summed E-state index contributed by atoms with van der Waals surface area (Å²) in [4.78, 5) is 21.8. The van der Waals surface area contributed by atoms with Gasteiger partial charge in [0.25, 0.3) is 5.69 Å². The molecule has 0 spiro atoms. The van der Waals surface area contributed by atoms with Gasteiger partial charge >= 0.3 is 5.63 Å². The fraction of sp³-hybridized carbons (Fsp3) is 0.250. The maximum Gasteiger partial charge on any atom is 0.344 e. The second-order valence-corrected chi connectivity index (χ2v) is 4.49. The van der Waals surface area contributed by atoms with Gasteiger partial charge in [-0.3, -0.25) is 10.1 Å². The third-order valence-electron chi connectivity index (χ3n) is 2.56. The van der Waals surface area contributed by atoms with Crippen molar-refractivity contribution in [2.75, 3.05) is 0 Å². The Balaban J connectivity index is 2.74. The highest BCUT2D eigenvalue weighted by Gasteiger charge is 2.21. The molecule has 2 rings (SSSR count). The Bertz CT molecular complexity index is 681. The van der Waals surface area contributed by atoms with Crippen molar-refractivity contribution in [2.24, 2.45) is 0 Å². The number of nitro groups is 1. The van der Waals surface area contributed by atoms with E-state index in [1.165, 1.54) is 32.0 Å². The Labute approximate surface area is 102 Å². The largest absolute Gasteiger partial charge is 0.424 e. The third kappa shape index (κ3) is 2.10. The van der Waals surface area contributed by atoms with Crippen molar-refractivity contribution in [1.29, 1.82) is 0 Å². The number of hydrogen-bond acceptors (Lipinski definition) is 5. The van der Waals surface area contributed by atoms with Crippen LogP contribution in [0.1, 0.15) is 19.6 Å². The molecule has 0 fully saturated rings. The molecule has 0 bridgehead atoms. The highest BCUT2D eigenvalue weighted by molar-refractivity contribution is 5.83. The molecule has 2 aromatic rings. The molecule has 0 atom stereocenters. The number of hydrogen-bond donors (Lipinski definition) is 1. The molecule has 0 aliphatic heterocycles. The topological polar surface area (TPSA) is 93.6 Å². The zero-order valence-electron chi connectivity index (χ0n) is 9.84. The van der Waals surface area contributed by atoms with Crippen molar-refractivity contribution in [3.8, 4) is 0 Å². The van der Waals surface area contributed by atoms with Gasteiger partial charge in [0.15, 0.2) is 0 Å². The van der Waals surface area contributed by atoms with E-state index >= 15 is 0 Å². The van der Waals surface area contributed by atoms with E-state index in [0.29, 0.717) is 5.39 Å². The molecule has 0 radical (unpaired) electrons. The fourth-order valence-electron chi connectivity index (χ4n) is 1.59. The lowest BCUT2D eigenvalue weighted by Gasteiger charge is -2.15. The van der Waals surface area contributed by atoms with Crippen LogP contribution in [0.3, 0.4) is 0 Å². The van der Waals surface area contributed by atoms with Gasteiger partial charge in [-0.2, -0.15) is 0 Å². The van der Waals surface area contributed by atoms with Crippen molar-refractivity contribution in [3.05, 3.63) is 50.6 Å². The summed E-state index contributed by atoms with van der Waals surface area (Å²) in [5, 5.41) is 21.0. The van der Waals surface area contributed by atoms with Crippen molar-refractivity contribution in [2.45, 2.75) is 19.4 Å². The van der Waals surface area contributed by atoms with Crippen LogP contribution < -0.4 is 5.63 Å². The fourth-order valence-corrected chi connectivity index (χ4v) is 1.59. The number of rotatable bonds is 2. The maximum absolute atomic E-state index is 11.7. The minimum Gasteiger partial charge on any atom is -0.424 e. The quantitative estimate of drug-likeness (QED) is 0.648. The number of fused-ring (bicyclic) bond motifs is 1. The average molecular weight is 249 g/mol. The Hall–Kier alpha value is -2.21.